The highest BCUT2D eigenvalue weighted by molar-refractivity contribution is 5.78. The van der Waals surface area contributed by atoms with Crippen LogP contribution in [0.25, 0.3) is 0 Å². The molecule has 1 aliphatic rings. The highest BCUT2D eigenvalue weighted by Crippen LogP contribution is 2.11. The topological polar surface area (TPSA) is 55.6 Å². The normalized spacial score (nSPS) is 24.2. The predicted molar refractivity (Wildman–Crippen MR) is 45.7 cm³/mol. The molecule has 1 fully saturated rings. The summed E-state index contributed by atoms with van der Waals surface area (Å²) in [5.74, 6) is 0.0248. The molecule has 1 saturated heterocycles. The first kappa shape index (κ1) is 9.48. The Morgan fingerprint density at radius 1 is 1.75 bits per heavy atom. The number of methoxy groups -OCH3 is 1. The first-order valence-electron chi connectivity index (χ1n) is 4.28. The summed E-state index contributed by atoms with van der Waals surface area (Å²) in [4.78, 5) is 12.9. The van der Waals surface area contributed by atoms with E-state index < -0.39 is 0 Å². The lowest BCUT2D eigenvalue weighted by molar-refractivity contribution is -0.133. The molecule has 70 valence electrons. The Morgan fingerprint density at radius 3 is 3.08 bits per heavy atom. The summed E-state index contributed by atoms with van der Waals surface area (Å²) in [6.45, 7) is 1.64. The van der Waals surface area contributed by atoms with E-state index in [1.807, 2.05) is 0 Å². The number of hydrogen-bond donors (Lipinski definition) is 1. The zero-order valence-electron chi connectivity index (χ0n) is 7.45. The van der Waals surface area contributed by atoms with Crippen LogP contribution in [0.2, 0.25) is 0 Å². The molecule has 0 spiro atoms. The summed E-state index contributed by atoms with van der Waals surface area (Å²) in [6.07, 6.45) is 2.27. The van der Waals surface area contributed by atoms with Crippen LogP contribution in [0, 0.1) is 0 Å². The zero-order chi connectivity index (χ0) is 8.97. The van der Waals surface area contributed by atoms with Crippen LogP contribution in [0.5, 0.6) is 0 Å². The Morgan fingerprint density at radius 2 is 2.50 bits per heavy atom. The predicted octanol–water partition coefficient (Wildman–Crippen LogP) is -0.417. The van der Waals surface area contributed by atoms with E-state index in [2.05, 4.69) is 0 Å². The van der Waals surface area contributed by atoms with Gasteiger partial charge in [-0.1, -0.05) is 0 Å². The highest BCUT2D eigenvalue weighted by atomic mass is 16.5. The molecule has 0 aliphatic carbocycles. The van der Waals surface area contributed by atoms with Gasteiger partial charge in [-0.05, 0) is 12.8 Å². The van der Waals surface area contributed by atoms with Crippen molar-refractivity contribution in [2.45, 2.75) is 18.9 Å². The van der Waals surface area contributed by atoms with Crippen LogP contribution in [0.3, 0.4) is 0 Å². The van der Waals surface area contributed by atoms with Gasteiger partial charge in [-0.25, -0.2) is 0 Å². The second kappa shape index (κ2) is 4.42. The second-order valence-corrected chi connectivity index (χ2v) is 3.04. The number of amides is 1. The van der Waals surface area contributed by atoms with Crippen molar-refractivity contribution in [2.24, 2.45) is 5.73 Å². The fourth-order valence-corrected chi connectivity index (χ4v) is 1.49. The van der Waals surface area contributed by atoms with Crippen LogP contribution in [-0.4, -0.2) is 43.7 Å². The Bertz CT molecular complexity index is 161. The van der Waals surface area contributed by atoms with Crippen molar-refractivity contribution in [3.8, 4) is 0 Å². The molecular formula is C8H16N2O2. The molecule has 2 N–H and O–H groups in total. The minimum absolute atomic E-state index is 0.0248. The lowest BCUT2D eigenvalue weighted by atomic mass is 10.1. The van der Waals surface area contributed by atoms with Crippen molar-refractivity contribution in [1.82, 2.24) is 4.90 Å². The Labute approximate surface area is 72.7 Å². The van der Waals surface area contributed by atoms with Crippen LogP contribution in [0.4, 0.5) is 0 Å². The van der Waals surface area contributed by atoms with E-state index in [-0.39, 0.29) is 18.6 Å². The van der Waals surface area contributed by atoms with E-state index in [9.17, 15) is 4.79 Å². The van der Waals surface area contributed by atoms with E-state index in [0.29, 0.717) is 6.54 Å². The van der Waals surface area contributed by atoms with Crippen molar-refractivity contribution >= 4 is 5.91 Å². The third-order valence-electron chi connectivity index (χ3n) is 2.24. The van der Waals surface area contributed by atoms with Gasteiger partial charge >= 0.3 is 0 Å². The molecule has 4 nitrogen and oxygen atoms in total. The molecule has 1 rings (SSSR count). The Hall–Kier alpha value is -0.610. The molecule has 1 aliphatic heterocycles. The molecule has 0 bridgehead atoms. The minimum Gasteiger partial charge on any atom is -0.380 e. The number of ether oxygens (including phenoxy) is 1. The summed E-state index contributed by atoms with van der Waals surface area (Å²) < 4.78 is 5.18. The number of nitrogens with zero attached hydrogens (tertiary/aromatic N) is 1. The second-order valence-electron chi connectivity index (χ2n) is 3.04. The van der Waals surface area contributed by atoms with Gasteiger partial charge in [0.1, 0.15) is 0 Å². The first-order valence-corrected chi connectivity index (χ1v) is 4.28. The van der Waals surface area contributed by atoms with E-state index >= 15 is 0 Å². The molecule has 0 unspecified atom stereocenters. The van der Waals surface area contributed by atoms with Gasteiger partial charge in [-0.3, -0.25) is 4.79 Å². The molecule has 1 atom stereocenters. The average molecular weight is 172 g/mol. The number of hydrogen-bond acceptors (Lipinski definition) is 3. The van der Waals surface area contributed by atoms with Crippen LogP contribution >= 0.6 is 0 Å². The fourth-order valence-electron chi connectivity index (χ4n) is 1.49. The van der Waals surface area contributed by atoms with Gasteiger partial charge < -0.3 is 15.4 Å². The van der Waals surface area contributed by atoms with E-state index in [1.54, 1.807) is 12.0 Å². The summed E-state index contributed by atoms with van der Waals surface area (Å²) in [6, 6.07) is 0. The van der Waals surface area contributed by atoms with Crippen molar-refractivity contribution in [3.63, 3.8) is 0 Å². The maximum Gasteiger partial charge on any atom is 0.236 e. The van der Waals surface area contributed by atoms with Crippen LogP contribution in [-0.2, 0) is 9.53 Å². The third kappa shape index (κ3) is 2.19. The monoisotopic (exact) mass is 172 g/mol. The lowest BCUT2D eigenvalue weighted by Crippen LogP contribution is -2.45. The van der Waals surface area contributed by atoms with Gasteiger partial charge in [-0.2, -0.15) is 0 Å². The molecule has 0 saturated carbocycles. The fraction of sp³-hybridized carbons (Fsp3) is 0.875. The number of likely N-dealkylation sites (tertiary alicyclic amines) is 1. The molecule has 0 radical (unpaired) electrons. The van der Waals surface area contributed by atoms with Gasteiger partial charge in [0.25, 0.3) is 0 Å². The number of piperidine rings is 1. The molecule has 0 aromatic rings. The van der Waals surface area contributed by atoms with E-state index in [4.69, 9.17) is 10.5 Å². The van der Waals surface area contributed by atoms with Gasteiger partial charge in [0.05, 0.1) is 12.6 Å². The van der Waals surface area contributed by atoms with Gasteiger partial charge in [-0.15, -0.1) is 0 Å². The number of nitrogens with two attached hydrogens (primary N) is 1. The van der Waals surface area contributed by atoms with Gasteiger partial charge in [0.2, 0.25) is 5.91 Å². The maximum absolute atomic E-state index is 11.2. The minimum atomic E-state index is 0.0248. The van der Waals surface area contributed by atoms with Gasteiger partial charge in [0.15, 0.2) is 0 Å². The smallest absolute Gasteiger partial charge is 0.236 e. The van der Waals surface area contributed by atoms with Crippen molar-refractivity contribution < 1.29 is 9.53 Å². The average Bonchev–Trinajstić information content (AvgIpc) is 2.17. The number of carbonyl (C=O) groups excluding carboxylic acids is 1. The first-order chi connectivity index (χ1) is 5.77. The Kier molecular flexibility index (Phi) is 3.49. The third-order valence-corrected chi connectivity index (χ3v) is 2.24. The number of rotatable bonds is 2. The summed E-state index contributed by atoms with van der Waals surface area (Å²) in [7, 11) is 1.68. The van der Waals surface area contributed by atoms with E-state index in [0.717, 1.165) is 19.4 Å². The van der Waals surface area contributed by atoms with Crippen LogP contribution in [0.15, 0.2) is 0 Å². The summed E-state index contributed by atoms with van der Waals surface area (Å²) >= 11 is 0. The molecule has 0 aromatic carbocycles. The van der Waals surface area contributed by atoms with Crippen LogP contribution < -0.4 is 5.73 Å². The zero-order valence-corrected chi connectivity index (χ0v) is 7.45. The molecule has 1 heterocycles. The molecule has 1 amide bonds. The lowest BCUT2D eigenvalue weighted by Gasteiger charge is -2.31. The van der Waals surface area contributed by atoms with E-state index in [1.165, 1.54) is 0 Å². The van der Waals surface area contributed by atoms with Crippen LogP contribution in [0.1, 0.15) is 12.8 Å². The Balaban J connectivity index is 2.40. The molecule has 4 heteroatoms. The maximum atomic E-state index is 11.2. The molecule has 0 aromatic heterocycles. The van der Waals surface area contributed by atoms with Crippen molar-refractivity contribution in [1.29, 1.82) is 0 Å². The van der Waals surface area contributed by atoms with Crippen molar-refractivity contribution in [2.75, 3.05) is 26.7 Å². The largest absolute Gasteiger partial charge is 0.380 e. The molecular weight excluding hydrogens is 156 g/mol. The highest BCUT2D eigenvalue weighted by Gasteiger charge is 2.21. The standard InChI is InChI=1S/C8H16N2O2/c1-12-7-3-2-4-10(6-7)8(11)5-9/h7H,2-6,9H2,1H3/t7-/m0/s1. The van der Waals surface area contributed by atoms with Gasteiger partial charge in [0, 0.05) is 20.2 Å². The summed E-state index contributed by atoms with van der Waals surface area (Å²) in [5, 5.41) is 0. The number of carbonyl (C=O) groups is 1. The SMILES string of the molecule is CO[C@H]1CCCN(C(=O)CN)C1. The molecule has 12 heavy (non-hydrogen) atoms. The van der Waals surface area contributed by atoms with Crippen molar-refractivity contribution in [3.05, 3.63) is 0 Å². The summed E-state index contributed by atoms with van der Waals surface area (Å²) in [5.41, 5.74) is 5.26. The quantitative estimate of drug-likeness (QED) is 0.615.